The van der Waals surface area contributed by atoms with Crippen LogP contribution in [0.3, 0.4) is 0 Å². The second-order valence-electron chi connectivity index (χ2n) is 5.65. The molecule has 5 heteroatoms. The minimum absolute atomic E-state index is 0. The molecule has 0 aromatic heterocycles. The standard InChI is InChI=1S/C16H24N2O2.ClH/c1-5-10-20-14-8-6-13(7-9-14)15(19)18(4)12-16(2,3)11-17;/h5-9H,1,10-12,17H2,2-4H3;1H. The Morgan fingerprint density at radius 1 is 1.38 bits per heavy atom. The van der Waals surface area contributed by atoms with Gasteiger partial charge >= 0.3 is 0 Å². The van der Waals surface area contributed by atoms with E-state index in [1.54, 1.807) is 42.3 Å². The molecule has 118 valence electrons. The maximum atomic E-state index is 12.3. The smallest absolute Gasteiger partial charge is 0.253 e. The van der Waals surface area contributed by atoms with Crippen molar-refractivity contribution in [3.05, 3.63) is 42.5 Å². The van der Waals surface area contributed by atoms with Crippen molar-refractivity contribution in [3.63, 3.8) is 0 Å². The van der Waals surface area contributed by atoms with Crippen molar-refractivity contribution in [1.82, 2.24) is 4.90 Å². The fourth-order valence-corrected chi connectivity index (χ4v) is 1.85. The van der Waals surface area contributed by atoms with E-state index < -0.39 is 0 Å². The van der Waals surface area contributed by atoms with Crippen LogP contribution in [-0.4, -0.2) is 37.6 Å². The van der Waals surface area contributed by atoms with E-state index in [-0.39, 0.29) is 23.7 Å². The highest BCUT2D eigenvalue weighted by Crippen LogP contribution is 2.17. The molecule has 0 saturated heterocycles. The van der Waals surface area contributed by atoms with E-state index in [0.29, 0.717) is 25.3 Å². The van der Waals surface area contributed by atoms with Gasteiger partial charge in [-0.05, 0) is 36.2 Å². The zero-order chi connectivity index (χ0) is 15.2. The number of hydrogen-bond donors (Lipinski definition) is 1. The summed E-state index contributed by atoms with van der Waals surface area (Å²) in [6, 6.07) is 7.12. The predicted molar refractivity (Wildman–Crippen MR) is 89.2 cm³/mol. The number of amides is 1. The number of nitrogens with two attached hydrogens (primary N) is 1. The number of rotatable bonds is 7. The Morgan fingerprint density at radius 2 is 1.95 bits per heavy atom. The quantitative estimate of drug-likeness (QED) is 0.788. The Bertz CT molecular complexity index is 458. The molecule has 0 aliphatic heterocycles. The number of hydrogen-bond acceptors (Lipinski definition) is 3. The van der Waals surface area contributed by atoms with Crippen molar-refractivity contribution >= 4 is 18.3 Å². The van der Waals surface area contributed by atoms with E-state index in [0.717, 1.165) is 5.75 Å². The Labute approximate surface area is 133 Å². The number of ether oxygens (including phenoxy) is 1. The number of carbonyl (C=O) groups excluding carboxylic acids is 1. The van der Waals surface area contributed by atoms with Gasteiger partial charge in [-0.15, -0.1) is 12.4 Å². The van der Waals surface area contributed by atoms with Gasteiger partial charge in [0.25, 0.3) is 5.91 Å². The zero-order valence-electron chi connectivity index (χ0n) is 13.0. The van der Waals surface area contributed by atoms with Crippen LogP contribution in [0.25, 0.3) is 0 Å². The van der Waals surface area contributed by atoms with Gasteiger partial charge in [0.2, 0.25) is 0 Å². The van der Waals surface area contributed by atoms with E-state index >= 15 is 0 Å². The lowest BCUT2D eigenvalue weighted by Gasteiger charge is -2.29. The number of halogens is 1. The van der Waals surface area contributed by atoms with E-state index in [9.17, 15) is 4.79 Å². The van der Waals surface area contributed by atoms with Gasteiger partial charge in [-0.25, -0.2) is 0 Å². The van der Waals surface area contributed by atoms with Crippen LogP contribution in [-0.2, 0) is 0 Å². The predicted octanol–water partition coefficient (Wildman–Crippen LogP) is 2.73. The summed E-state index contributed by atoms with van der Waals surface area (Å²) in [5, 5.41) is 0. The van der Waals surface area contributed by atoms with Crippen molar-refractivity contribution in [2.75, 3.05) is 26.7 Å². The third-order valence-electron chi connectivity index (χ3n) is 3.03. The van der Waals surface area contributed by atoms with Crippen LogP contribution in [0.15, 0.2) is 36.9 Å². The molecule has 0 fully saturated rings. The topological polar surface area (TPSA) is 55.6 Å². The summed E-state index contributed by atoms with van der Waals surface area (Å²) >= 11 is 0. The lowest BCUT2D eigenvalue weighted by molar-refractivity contribution is 0.0740. The molecule has 0 saturated carbocycles. The highest BCUT2D eigenvalue weighted by molar-refractivity contribution is 5.94. The molecule has 0 atom stereocenters. The van der Waals surface area contributed by atoms with Crippen LogP contribution in [0.2, 0.25) is 0 Å². The SMILES string of the molecule is C=CCOc1ccc(C(=O)N(C)CC(C)(C)CN)cc1.Cl. The molecule has 1 rings (SSSR count). The van der Waals surface area contributed by atoms with Gasteiger partial charge in [-0.1, -0.05) is 26.5 Å². The molecule has 21 heavy (non-hydrogen) atoms. The summed E-state index contributed by atoms with van der Waals surface area (Å²) < 4.78 is 5.39. The van der Waals surface area contributed by atoms with E-state index in [1.807, 2.05) is 13.8 Å². The lowest BCUT2D eigenvalue weighted by atomic mass is 9.93. The van der Waals surface area contributed by atoms with Crippen molar-refractivity contribution in [3.8, 4) is 5.75 Å². The second-order valence-corrected chi connectivity index (χ2v) is 5.65. The first-order valence-corrected chi connectivity index (χ1v) is 6.69. The van der Waals surface area contributed by atoms with Crippen LogP contribution in [0.4, 0.5) is 0 Å². The highest BCUT2D eigenvalue weighted by atomic mass is 35.5. The van der Waals surface area contributed by atoms with Gasteiger partial charge < -0.3 is 15.4 Å². The summed E-state index contributed by atoms with van der Waals surface area (Å²) in [5.74, 6) is 0.716. The molecule has 0 spiro atoms. The second kappa shape index (κ2) is 8.70. The largest absolute Gasteiger partial charge is 0.490 e. The zero-order valence-corrected chi connectivity index (χ0v) is 13.8. The average molecular weight is 313 g/mol. The molecule has 0 heterocycles. The first-order chi connectivity index (χ1) is 9.39. The monoisotopic (exact) mass is 312 g/mol. The van der Waals surface area contributed by atoms with Crippen LogP contribution >= 0.6 is 12.4 Å². The fraction of sp³-hybridized carbons (Fsp3) is 0.438. The summed E-state index contributed by atoms with van der Waals surface area (Å²) in [5.41, 5.74) is 6.26. The molecular formula is C16H25ClN2O2. The molecule has 1 amide bonds. The molecule has 1 aromatic rings. The van der Waals surface area contributed by atoms with Gasteiger partial charge in [0.1, 0.15) is 12.4 Å². The summed E-state index contributed by atoms with van der Waals surface area (Å²) in [6.07, 6.45) is 1.68. The molecular weight excluding hydrogens is 288 g/mol. The molecule has 0 aliphatic carbocycles. The fourth-order valence-electron chi connectivity index (χ4n) is 1.85. The molecule has 0 unspecified atom stereocenters. The number of benzene rings is 1. The average Bonchev–Trinajstić information content (AvgIpc) is 2.44. The molecule has 0 bridgehead atoms. The molecule has 0 radical (unpaired) electrons. The third-order valence-corrected chi connectivity index (χ3v) is 3.03. The first-order valence-electron chi connectivity index (χ1n) is 6.69. The summed E-state index contributed by atoms with van der Waals surface area (Å²) in [6.45, 7) is 9.30. The first kappa shape index (κ1) is 19.5. The van der Waals surface area contributed by atoms with Crippen molar-refractivity contribution in [1.29, 1.82) is 0 Å². The van der Waals surface area contributed by atoms with Crippen LogP contribution < -0.4 is 10.5 Å². The molecule has 4 nitrogen and oxygen atoms in total. The molecule has 2 N–H and O–H groups in total. The molecule has 0 aliphatic rings. The minimum Gasteiger partial charge on any atom is -0.490 e. The Balaban J connectivity index is 0.00000400. The van der Waals surface area contributed by atoms with Crippen LogP contribution in [0.1, 0.15) is 24.2 Å². The van der Waals surface area contributed by atoms with Gasteiger partial charge in [0.05, 0.1) is 0 Å². The van der Waals surface area contributed by atoms with Gasteiger partial charge in [0.15, 0.2) is 0 Å². The van der Waals surface area contributed by atoms with Crippen LogP contribution in [0, 0.1) is 5.41 Å². The number of carbonyl (C=O) groups is 1. The van der Waals surface area contributed by atoms with Crippen molar-refractivity contribution in [2.45, 2.75) is 13.8 Å². The Hall–Kier alpha value is -1.52. The van der Waals surface area contributed by atoms with E-state index in [2.05, 4.69) is 6.58 Å². The van der Waals surface area contributed by atoms with Crippen molar-refractivity contribution < 1.29 is 9.53 Å². The summed E-state index contributed by atoms with van der Waals surface area (Å²) in [7, 11) is 1.79. The maximum absolute atomic E-state index is 12.3. The van der Waals surface area contributed by atoms with Gasteiger partial charge in [0, 0.05) is 19.2 Å². The molecule has 1 aromatic carbocycles. The van der Waals surface area contributed by atoms with E-state index in [1.165, 1.54) is 0 Å². The Morgan fingerprint density at radius 3 is 2.43 bits per heavy atom. The lowest BCUT2D eigenvalue weighted by Crippen LogP contribution is -2.39. The normalized spacial score (nSPS) is 10.5. The van der Waals surface area contributed by atoms with Crippen molar-refractivity contribution in [2.24, 2.45) is 11.1 Å². The van der Waals surface area contributed by atoms with E-state index in [4.69, 9.17) is 10.5 Å². The minimum atomic E-state index is -0.0859. The number of nitrogens with zero attached hydrogens (tertiary/aromatic N) is 1. The van der Waals surface area contributed by atoms with Crippen LogP contribution in [0.5, 0.6) is 5.75 Å². The van der Waals surface area contributed by atoms with Gasteiger partial charge in [-0.2, -0.15) is 0 Å². The Kier molecular flexibility index (Phi) is 8.07. The third kappa shape index (κ3) is 6.19. The summed E-state index contributed by atoms with van der Waals surface area (Å²) in [4.78, 5) is 14.0. The maximum Gasteiger partial charge on any atom is 0.253 e. The highest BCUT2D eigenvalue weighted by Gasteiger charge is 2.21. The van der Waals surface area contributed by atoms with Gasteiger partial charge in [-0.3, -0.25) is 4.79 Å².